The second kappa shape index (κ2) is 22.5. The van der Waals surface area contributed by atoms with Gasteiger partial charge in [-0.25, -0.2) is 14.6 Å². The third-order valence-corrected chi connectivity index (χ3v) is 14.6. The van der Waals surface area contributed by atoms with Gasteiger partial charge < -0.3 is 24.9 Å². The van der Waals surface area contributed by atoms with Crippen molar-refractivity contribution >= 4 is 63.8 Å². The van der Waals surface area contributed by atoms with E-state index in [4.69, 9.17) is 19.3 Å². The Bertz CT molecular complexity index is 3220. The summed E-state index contributed by atoms with van der Waals surface area (Å²) in [6, 6.07) is 56.6. The Morgan fingerprint density at radius 1 is 0.750 bits per heavy atom. The van der Waals surface area contributed by atoms with Gasteiger partial charge in [-0.05, 0) is 85.7 Å². The molecule has 2 aliphatic heterocycles. The van der Waals surface area contributed by atoms with E-state index in [-0.39, 0.29) is 22.9 Å². The maximum Gasteiger partial charge on any atom is 0.356 e. The lowest BCUT2D eigenvalue weighted by atomic mass is 9.77. The highest BCUT2D eigenvalue weighted by molar-refractivity contribution is 8.00. The van der Waals surface area contributed by atoms with Gasteiger partial charge in [0.2, 0.25) is 5.60 Å². The number of nitriles is 1. The number of ether oxygens (including phenoxy) is 2. The number of carbonyl (C=O) groups is 4. The van der Waals surface area contributed by atoms with Crippen LogP contribution in [0.5, 0.6) is 0 Å². The smallest absolute Gasteiger partial charge is 0.356 e. The largest absolute Gasteiger partial charge is 0.457 e. The quantitative estimate of drug-likeness (QED) is 0.0292. The fourth-order valence-corrected chi connectivity index (χ4v) is 10.8. The zero-order valence-electron chi connectivity index (χ0n) is 42.4. The van der Waals surface area contributed by atoms with Crippen LogP contribution in [0, 0.1) is 11.3 Å². The molecule has 2 aliphatic rings. The van der Waals surface area contributed by atoms with Crippen molar-refractivity contribution in [1.29, 1.82) is 5.26 Å². The lowest BCUT2D eigenvalue weighted by Crippen LogP contribution is -2.71. The van der Waals surface area contributed by atoms with Crippen LogP contribution in [0.15, 0.2) is 204 Å². The topological polar surface area (TPSA) is 172 Å². The molecule has 1 fully saturated rings. The molecule has 76 heavy (non-hydrogen) atoms. The van der Waals surface area contributed by atoms with Crippen LogP contribution in [0.25, 0.3) is 6.08 Å². The number of fused-ring (bicyclic) bond motifs is 1. The first kappa shape index (κ1) is 52.3. The van der Waals surface area contributed by atoms with E-state index >= 15 is 0 Å². The van der Waals surface area contributed by atoms with Gasteiger partial charge in [-0.1, -0.05) is 181 Å². The Labute approximate surface area is 449 Å². The van der Waals surface area contributed by atoms with Gasteiger partial charge >= 0.3 is 11.9 Å². The Morgan fingerprint density at radius 3 is 1.79 bits per heavy atom. The van der Waals surface area contributed by atoms with Crippen molar-refractivity contribution in [3.05, 3.63) is 243 Å². The van der Waals surface area contributed by atoms with Crippen molar-refractivity contribution in [1.82, 2.24) is 15.2 Å². The predicted octanol–water partition coefficient (Wildman–Crippen LogP) is 11.0. The predicted molar refractivity (Wildman–Crippen MR) is 296 cm³/mol. The fourth-order valence-electron chi connectivity index (χ4n) is 8.77. The number of esters is 2. The third kappa shape index (κ3) is 11.4. The van der Waals surface area contributed by atoms with Crippen LogP contribution in [0.3, 0.4) is 0 Å². The number of anilines is 1. The van der Waals surface area contributed by atoms with E-state index in [9.17, 15) is 24.4 Å². The highest BCUT2D eigenvalue weighted by Gasteiger charge is 2.55. The Morgan fingerprint density at radius 2 is 1.28 bits per heavy atom. The zero-order valence-corrected chi connectivity index (χ0v) is 44.0. The van der Waals surface area contributed by atoms with Crippen molar-refractivity contribution in [3.8, 4) is 6.07 Å². The second-order valence-corrected chi connectivity index (χ2v) is 21.4. The summed E-state index contributed by atoms with van der Waals surface area (Å²) in [5.41, 5.74) is 2.38. The molecule has 1 aromatic heterocycles. The average molecular weight is 1050 g/mol. The molecule has 7 aromatic rings. The second-order valence-electron chi connectivity index (χ2n) is 19.5. The molecule has 0 radical (unpaired) electrons. The van der Waals surface area contributed by atoms with E-state index in [1.54, 1.807) is 56.5 Å². The van der Waals surface area contributed by atoms with Crippen molar-refractivity contribution in [2.45, 2.75) is 68.9 Å². The minimum absolute atomic E-state index is 0.0336. The Hall–Kier alpha value is -8.58. The number of hydrogen-bond donors (Lipinski definition) is 2. The molecule has 1 saturated heterocycles. The average Bonchev–Trinajstić information content (AvgIpc) is 3.96. The summed E-state index contributed by atoms with van der Waals surface area (Å²) >= 11 is 2.60. The normalized spacial score (nSPS) is 15.8. The highest BCUT2D eigenvalue weighted by atomic mass is 32.2. The number of rotatable bonds is 17. The van der Waals surface area contributed by atoms with Crippen LogP contribution in [0.4, 0.5) is 5.13 Å². The lowest BCUT2D eigenvalue weighted by Gasteiger charge is -2.49. The van der Waals surface area contributed by atoms with Gasteiger partial charge in [-0.3, -0.25) is 14.5 Å². The Balaban J connectivity index is 1.05. The molecule has 6 aromatic carbocycles. The molecule has 2 N–H and O–H groups in total. The number of allylic oxidation sites excluding steroid dienone is 1. The number of aromatic nitrogens is 1. The number of nitrogens with one attached hydrogen (secondary N) is 2. The number of β-lactam (4-membered cyclic amide) rings is 1. The number of amides is 2. The molecule has 2 amide bonds. The van der Waals surface area contributed by atoms with Crippen LogP contribution in [-0.2, 0) is 39.0 Å². The molecule has 13 nitrogen and oxygen atoms in total. The molecule has 15 heteroatoms. The van der Waals surface area contributed by atoms with E-state index in [1.807, 2.05) is 158 Å². The van der Waals surface area contributed by atoms with Crippen molar-refractivity contribution in [2.24, 2.45) is 5.16 Å². The van der Waals surface area contributed by atoms with Crippen LogP contribution >= 0.6 is 23.1 Å². The number of thiazole rings is 1. The maximum atomic E-state index is 14.9. The first-order valence-corrected chi connectivity index (χ1v) is 26.5. The van der Waals surface area contributed by atoms with Gasteiger partial charge in [-0.15, -0.1) is 23.1 Å². The summed E-state index contributed by atoms with van der Waals surface area (Å²) in [6.07, 6.45) is 2.76. The van der Waals surface area contributed by atoms with Crippen LogP contribution in [0.1, 0.15) is 85.4 Å². The molecule has 9 rings (SSSR count). The number of thioether (sulfide) groups is 1. The monoisotopic (exact) mass is 1050 g/mol. The Kier molecular flexibility index (Phi) is 15.5. The number of oxime groups is 1. The fraction of sp³-hybridized carbons (Fsp3) is 0.197. The molecular weight excluding hydrogens is 993 g/mol. The van der Waals surface area contributed by atoms with Gasteiger partial charge in [0.15, 0.2) is 16.9 Å². The summed E-state index contributed by atoms with van der Waals surface area (Å²) < 4.78 is 12.0. The van der Waals surface area contributed by atoms with Crippen LogP contribution in [-0.4, -0.2) is 67.7 Å². The molecule has 382 valence electrons. The summed E-state index contributed by atoms with van der Waals surface area (Å²) in [5.74, 6) is -2.57. The lowest BCUT2D eigenvalue weighted by molar-refractivity contribution is -0.179. The van der Waals surface area contributed by atoms with Gasteiger partial charge in [-0.2, -0.15) is 5.26 Å². The third-order valence-electron chi connectivity index (χ3n) is 12.6. The molecule has 3 heterocycles. The first-order valence-electron chi connectivity index (χ1n) is 24.5. The van der Waals surface area contributed by atoms with E-state index in [2.05, 4.69) is 21.9 Å². The number of benzene rings is 6. The standard InChI is InChI=1S/C61H54N6O7S2/c1-59(2,3)73-57(71)60(4,5)74-66-49(48-39-76-58(63-48)65-61(45-25-15-8-16-26-45,46-27-17-9-18-28-46)47-29-19-10-20-30-47)53(68)64-50-54(69)67-51(44(38-75-55(50)67)36-35-40-31-33-41(37-62)34-32-40)56(70)72-52(42-21-11-6-12-22-42)43-23-13-7-14-24-43/h6-36,39,50,52,55H,38H2,1-5H3,(H,63,65)(H,64,68)/t50?,55-/m0/s1. The van der Waals surface area contributed by atoms with Crippen molar-refractivity contribution in [3.63, 3.8) is 0 Å². The van der Waals surface area contributed by atoms with E-state index < -0.39 is 58.0 Å². The maximum absolute atomic E-state index is 14.9. The van der Waals surface area contributed by atoms with Crippen molar-refractivity contribution < 1.29 is 33.5 Å². The van der Waals surface area contributed by atoms with Crippen LogP contribution < -0.4 is 10.6 Å². The molecule has 2 atom stereocenters. The SMILES string of the molecule is CC(C)(C)OC(=O)C(C)(C)ON=C(C(=O)NC1C(=O)N2C(C(=O)OC(c3ccccc3)c3ccccc3)=C(C=Cc3ccc(C#N)cc3)CS[C@@H]12)c1csc(NC(c2ccccc2)(c2ccccc2)c2ccccc2)n1. The van der Waals surface area contributed by atoms with Gasteiger partial charge in [0.05, 0.1) is 11.6 Å². The van der Waals surface area contributed by atoms with E-state index in [1.165, 1.54) is 41.8 Å². The summed E-state index contributed by atoms with van der Waals surface area (Å²) in [4.78, 5) is 70.0. The van der Waals surface area contributed by atoms with Gasteiger partial charge in [0, 0.05) is 11.1 Å². The minimum atomic E-state index is -1.67. The molecule has 0 saturated carbocycles. The van der Waals surface area contributed by atoms with Gasteiger partial charge in [0.1, 0.15) is 33.9 Å². The number of nitrogens with zero attached hydrogens (tertiary/aromatic N) is 4. The molecular formula is C61H54N6O7S2. The van der Waals surface area contributed by atoms with Gasteiger partial charge in [0.25, 0.3) is 11.8 Å². The number of carbonyl (C=O) groups excluding carboxylic acids is 4. The highest BCUT2D eigenvalue weighted by Crippen LogP contribution is 2.43. The first-order chi connectivity index (χ1) is 36.6. The summed E-state index contributed by atoms with van der Waals surface area (Å²) in [5, 5.41) is 21.7. The molecule has 0 aliphatic carbocycles. The zero-order chi connectivity index (χ0) is 53.5. The van der Waals surface area contributed by atoms with Crippen molar-refractivity contribution in [2.75, 3.05) is 11.1 Å². The molecule has 0 spiro atoms. The summed E-state index contributed by atoms with van der Waals surface area (Å²) in [6.45, 7) is 8.16. The summed E-state index contributed by atoms with van der Waals surface area (Å²) in [7, 11) is 0. The molecule has 0 bridgehead atoms. The molecule has 1 unspecified atom stereocenters. The van der Waals surface area contributed by atoms with E-state index in [0.29, 0.717) is 16.3 Å². The number of hydrogen-bond acceptors (Lipinski definition) is 13. The van der Waals surface area contributed by atoms with Crippen LogP contribution in [0.2, 0.25) is 0 Å². The van der Waals surface area contributed by atoms with E-state index in [0.717, 1.165) is 33.4 Å². The minimum Gasteiger partial charge on any atom is -0.457 e.